The van der Waals surface area contributed by atoms with Crippen LogP contribution in [-0.2, 0) is 19.1 Å². The van der Waals surface area contributed by atoms with Crippen LogP contribution in [0, 0.1) is 11.8 Å². The Bertz CT molecular complexity index is 749. The van der Waals surface area contributed by atoms with Gasteiger partial charge in [0.1, 0.15) is 23.6 Å². The number of hydrogen-bond donors (Lipinski definition) is 1. The Labute approximate surface area is 152 Å². The number of amides is 2. The number of ether oxygens (including phenoxy) is 2. The fourth-order valence-corrected chi connectivity index (χ4v) is 4.63. The first-order chi connectivity index (χ1) is 12.4. The highest BCUT2D eigenvalue weighted by atomic mass is 16.5. The number of imide groups is 1. The van der Waals surface area contributed by atoms with Crippen LogP contribution in [-0.4, -0.2) is 49.5 Å². The van der Waals surface area contributed by atoms with Gasteiger partial charge >= 0.3 is 5.97 Å². The Balaban J connectivity index is 2.17. The van der Waals surface area contributed by atoms with Gasteiger partial charge in [0.25, 0.3) is 0 Å². The summed E-state index contributed by atoms with van der Waals surface area (Å²) in [6.45, 7) is 1.95. The number of carbonyl (C=O) groups excluding carboxylic acids is 3. The summed E-state index contributed by atoms with van der Waals surface area (Å²) in [5.41, 5.74) is -0.291. The molecule has 0 bridgehead atoms. The first-order valence-corrected chi connectivity index (χ1v) is 8.81. The predicted octanol–water partition coefficient (Wildman–Crippen LogP) is 0.256. The van der Waals surface area contributed by atoms with Gasteiger partial charge in [0.2, 0.25) is 17.4 Å². The summed E-state index contributed by atoms with van der Waals surface area (Å²) < 4.78 is 10.5. The number of benzene rings is 1. The van der Waals surface area contributed by atoms with Crippen molar-refractivity contribution in [1.29, 1.82) is 0 Å². The minimum Gasteiger partial charge on any atom is -0.496 e. The number of carbonyl (C=O) groups is 3. The average molecular weight is 361 g/mol. The molecule has 2 saturated heterocycles. The number of likely N-dealkylation sites (tertiary alicyclic amines) is 1. The van der Waals surface area contributed by atoms with E-state index in [1.54, 1.807) is 7.11 Å². The Kier molecular flexibility index (Phi) is 4.75. The molecule has 0 aromatic heterocycles. The molecule has 0 unspecified atom stereocenters. The molecule has 0 saturated carbocycles. The molecule has 3 rings (SSSR count). The van der Waals surface area contributed by atoms with Crippen LogP contribution in [0.2, 0.25) is 0 Å². The molecule has 2 fully saturated rings. The number of nitrogens with two attached hydrogens (primary N) is 1. The number of rotatable bonds is 5. The van der Waals surface area contributed by atoms with Gasteiger partial charge in [0.05, 0.1) is 19.8 Å². The fourth-order valence-electron chi connectivity index (χ4n) is 4.63. The smallest absolute Gasteiger partial charge is 0.368 e. The van der Waals surface area contributed by atoms with Crippen LogP contribution in [0.1, 0.15) is 31.4 Å². The van der Waals surface area contributed by atoms with Crippen molar-refractivity contribution in [2.75, 3.05) is 21.3 Å². The summed E-state index contributed by atoms with van der Waals surface area (Å²) in [5.74, 6) is -1.74. The molecule has 26 heavy (non-hydrogen) atoms. The van der Waals surface area contributed by atoms with E-state index in [1.165, 1.54) is 14.2 Å². The van der Waals surface area contributed by atoms with Crippen molar-refractivity contribution >= 4 is 17.8 Å². The second kappa shape index (κ2) is 6.72. The number of methoxy groups -OCH3 is 2. The van der Waals surface area contributed by atoms with Crippen molar-refractivity contribution < 1.29 is 29.2 Å². The van der Waals surface area contributed by atoms with Crippen LogP contribution in [0.25, 0.3) is 0 Å². The lowest BCUT2D eigenvalue weighted by Gasteiger charge is -2.28. The minimum absolute atomic E-state index is 0.256. The molecule has 2 aliphatic rings. The molecule has 1 aromatic carbocycles. The van der Waals surface area contributed by atoms with Gasteiger partial charge in [0, 0.05) is 13.5 Å². The second-order valence-corrected chi connectivity index (χ2v) is 6.96. The zero-order valence-electron chi connectivity index (χ0n) is 15.5. The lowest BCUT2D eigenvalue weighted by molar-refractivity contribution is -0.735. The summed E-state index contributed by atoms with van der Waals surface area (Å²) >= 11 is 0. The second-order valence-electron chi connectivity index (χ2n) is 6.96. The van der Waals surface area contributed by atoms with Crippen LogP contribution >= 0.6 is 0 Å². The Hall–Kier alpha value is -2.41. The zero-order chi connectivity index (χ0) is 19.1. The molecule has 7 heteroatoms. The molecule has 2 aliphatic heterocycles. The molecular formula is C19H25N2O5+. The van der Waals surface area contributed by atoms with E-state index in [9.17, 15) is 14.4 Å². The van der Waals surface area contributed by atoms with Crippen LogP contribution in [0.15, 0.2) is 24.3 Å². The van der Waals surface area contributed by atoms with E-state index in [0.717, 1.165) is 10.5 Å². The highest BCUT2D eigenvalue weighted by molar-refractivity contribution is 6.08. The van der Waals surface area contributed by atoms with Gasteiger partial charge in [-0.25, -0.2) is 4.79 Å². The van der Waals surface area contributed by atoms with Gasteiger partial charge in [-0.05, 0) is 18.6 Å². The Morgan fingerprint density at radius 2 is 1.92 bits per heavy atom. The zero-order valence-corrected chi connectivity index (χ0v) is 15.5. The third kappa shape index (κ3) is 2.41. The van der Waals surface area contributed by atoms with E-state index in [1.807, 2.05) is 36.5 Å². The van der Waals surface area contributed by atoms with Gasteiger partial charge < -0.3 is 14.8 Å². The molecule has 140 valence electrons. The Morgan fingerprint density at radius 1 is 1.23 bits per heavy atom. The molecular weight excluding hydrogens is 336 g/mol. The monoisotopic (exact) mass is 361 g/mol. The summed E-state index contributed by atoms with van der Waals surface area (Å²) in [6, 6.07) is 7.03. The van der Waals surface area contributed by atoms with Gasteiger partial charge in [-0.2, -0.15) is 0 Å². The highest BCUT2D eigenvalue weighted by Gasteiger charge is 2.71. The number of fused-ring (bicyclic) bond motifs is 1. The van der Waals surface area contributed by atoms with E-state index in [2.05, 4.69) is 0 Å². The van der Waals surface area contributed by atoms with E-state index in [4.69, 9.17) is 9.47 Å². The number of para-hydroxylation sites is 1. The molecule has 7 nitrogen and oxygen atoms in total. The third-order valence-corrected chi connectivity index (χ3v) is 5.72. The molecule has 0 aliphatic carbocycles. The van der Waals surface area contributed by atoms with Crippen molar-refractivity contribution in [1.82, 2.24) is 4.90 Å². The predicted molar refractivity (Wildman–Crippen MR) is 92.1 cm³/mol. The maximum Gasteiger partial charge on any atom is 0.368 e. The average Bonchev–Trinajstić information content (AvgIpc) is 3.11. The standard InChI is InChI=1S/C19H24N2O5/c1-5-10-19(18(24)26-4)14-13(16(22)21(2)17(14)23)15(20-19)11-8-6-7-9-12(11)25-3/h6-9,13-15,20H,5,10H2,1-4H3/p+1/t13-,14-,15-,19-/m0/s1. The summed E-state index contributed by atoms with van der Waals surface area (Å²) in [6.07, 6.45) is 1.15. The number of esters is 1. The first kappa shape index (κ1) is 18.4. The molecule has 4 atom stereocenters. The minimum atomic E-state index is -1.10. The molecule has 0 radical (unpaired) electrons. The van der Waals surface area contributed by atoms with Crippen LogP contribution in [0.4, 0.5) is 0 Å². The summed E-state index contributed by atoms with van der Waals surface area (Å²) in [4.78, 5) is 39.7. The maximum absolute atomic E-state index is 12.9. The van der Waals surface area contributed by atoms with E-state index in [-0.39, 0.29) is 17.9 Å². The molecule has 2 N–H and O–H groups in total. The number of nitrogens with zero attached hydrogens (tertiary/aromatic N) is 1. The van der Waals surface area contributed by atoms with Crippen molar-refractivity contribution in [3.63, 3.8) is 0 Å². The fraction of sp³-hybridized carbons (Fsp3) is 0.526. The van der Waals surface area contributed by atoms with Crippen molar-refractivity contribution in [2.45, 2.75) is 31.3 Å². The summed E-state index contributed by atoms with van der Waals surface area (Å²) in [5, 5.41) is 1.86. The van der Waals surface area contributed by atoms with Crippen molar-refractivity contribution in [2.24, 2.45) is 11.8 Å². The Morgan fingerprint density at radius 3 is 2.54 bits per heavy atom. The van der Waals surface area contributed by atoms with Crippen LogP contribution < -0.4 is 10.1 Å². The van der Waals surface area contributed by atoms with E-state index >= 15 is 0 Å². The van der Waals surface area contributed by atoms with Crippen molar-refractivity contribution in [3.8, 4) is 5.75 Å². The first-order valence-electron chi connectivity index (χ1n) is 8.81. The topological polar surface area (TPSA) is 89.5 Å². The number of quaternary nitrogens is 1. The molecule has 0 spiro atoms. The van der Waals surface area contributed by atoms with E-state index < -0.39 is 23.3 Å². The number of hydrogen-bond acceptors (Lipinski definition) is 5. The largest absolute Gasteiger partial charge is 0.496 e. The van der Waals surface area contributed by atoms with Gasteiger partial charge in [-0.15, -0.1) is 0 Å². The molecule has 1 aromatic rings. The van der Waals surface area contributed by atoms with Crippen molar-refractivity contribution in [3.05, 3.63) is 29.8 Å². The lowest BCUT2D eigenvalue weighted by atomic mass is 9.77. The summed E-state index contributed by atoms with van der Waals surface area (Å²) in [7, 11) is 4.37. The van der Waals surface area contributed by atoms with Crippen LogP contribution in [0.3, 0.4) is 0 Å². The van der Waals surface area contributed by atoms with Gasteiger partial charge in [0.15, 0.2) is 0 Å². The van der Waals surface area contributed by atoms with E-state index in [0.29, 0.717) is 18.6 Å². The lowest BCUT2D eigenvalue weighted by Crippen LogP contribution is -2.98. The van der Waals surface area contributed by atoms with Gasteiger partial charge in [-0.3, -0.25) is 14.5 Å². The SMILES string of the molecule is CCC[C@]1(C(=O)OC)[NH2+][C@@H](c2ccccc2OC)[C@H]2C(=O)N(C)C(=O)[C@H]21. The van der Waals surface area contributed by atoms with Gasteiger partial charge in [-0.1, -0.05) is 19.1 Å². The normalized spacial score (nSPS) is 30.5. The van der Waals surface area contributed by atoms with Crippen LogP contribution in [0.5, 0.6) is 5.75 Å². The highest BCUT2D eigenvalue weighted by Crippen LogP contribution is 2.47. The maximum atomic E-state index is 12.9. The quantitative estimate of drug-likeness (QED) is 0.600. The molecule has 2 heterocycles. The molecule has 2 amide bonds. The third-order valence-electron chi connectivity index (χ3n) is 5.72.